The Morgan fingerprint density at radius 1 is 1.16 bits per heavy atom. The summed E-state index contributed by atoms with van der Waals surface area (Å²) < 4.78 is 0. The molecule has 0 saturated carbocycles. The average Bonchev–Trinajstić information content (AvgIpc) is 3.13. The number of aromatic nitrogens is 2. The second kappa shape index (κ2) is 8.21. The number of nitrogens with one attached hydrogen (secondary N) is 1. The van der Waals surface area contributed by atoms with Crippen molar-refractivity contribution in [2.45, 2.75) is 19.3 Å². The van der Waals surface area contributed by atoms with Gasteiger partial charge in [0.15, 0.2) is 5.69 Å². The van der Waals surface area contributed by atoms with Gasteiger partial charge in [0.05, 0.1) is 21.3 Å². The van der Waals surface area contributed by atoms with Crippen molar-refractivity contribution < 1.29 is 4.79 Å². The topological polar surface area (TPSA) is 58.1 Å². The van der Waals surface area contributed by atoms with E-state index in [-0.39, 0.29) is 16.6 Å². The van der Waals surface area contributed by atoms with Crippen molar-refractivity contribution in [2.75, 3.05) is 24.5 Å². The van der Waals surface area contributed by atoms with E-state index in [1.165, 1.54) is 6.20 Å². The van der Waals surface area contributed by atoms with E-state index in [9.17, 15) is 4.79 Å². The molecule has 0 bridgehead atoms. The van der Waals surface area contributed by atoms with Crippen LogP contribution in [0.4, 0.5) is 5.95 Å². The van der Waals surface area contributed by atoms with Crippen LogP contribution in [0.3, 0.4) is 0 Å². The summed E-state index contributed by atoms with van der Waals surface area (Å²) in [5, 5.41) is 4.06. The van der Waals surface area contributed by atoms with Crippen LogP contribution in [0.25, 0.3) is 0 Å². The molecule has 8 heteroatoms. The number of anilines is 1. The molecule has 1 N–H and O–H groups in total. The monoisotopic (exact) mass is 398 g/mol. The lowest BCUT2D eigenvalue weighted by Gasteiger charge is -2.16. The van der Waals surface area contributed by atoms with Crippen molar-refractivity contribution >= 4 is 46.7 Å². The molecule has 2 heterocycles. The van der Waals surface area contributed by atoms with Gasteiger partial charge < -0.3 is 10.2 Å². The fraction of sp³-hybridized carbons (Fsp3) is 0.353. The fourth-order valence-corrected chi connectivity index (χ4v) is 3.31. The molecule has 0 radical (unpaired) electrons. The van der Waals surface area contributed by atoms with Crippen LogP contribution in [-0.4, -0.2) is 35.5 Å². The van der Waals surface area contributed by atoms with Gasteiger partial charge in [-0.3, -0.25) is 4.79 Å². The molecule has 132 valence electrons. The molecule has 1 aromatic heterocycles. The summed E-state index contributed by atoms with van der Waals surface area (Å²) in [5.41, 5.74) is 1.07. The Hall–Kier alpha value is -1.56. The molecule has 2 aromatic rings. The molecule has 1 aromatic carbocycles. The SMILES string of the molecule is O=C(NCCc1cccc(Cl)c1Cl)c1nc(N2CCCC2)ncc1Cl. The Bertz CT molecular complexity index is 778. The van der Waals surface area contributed by atoms with Crippen molar-refractivity contribution in [1.29, 1.82) is 0 Å². The van der Waals surface area contributed by atoms with E-state index in [0.717, 1.165) is 31.5 Å². The Balaban J connectivity index is 1.64. The minimum atomic E-state index is -0.328. The Kier molecular flexibility index (Phi) is 5.99. The molecule has 1 saturated heterocycles. The molecule has 1 fully saturated rings. The lowest BCUT2D eigenvalue weighted by atomic mass is 10.1. The molecule has 0 aliphatic carbocycles. The van der Waals surface area contributed by atoms with Crippen molar-refractivity contribution in [3.63, 3.8) is 0 Å². The molecule has 1 aliphatic rings. The standard InChI is InChI=1S/C17H17Cl3N4O/c18-12-5-3-4-11(14(12)20)6-7-21-16(25)15-13(19)10-22-17(23-15)24-8-1-2-9-24/h3-5,10H,1-2,6-9H2,(H,21,25). The van der Waals surface area contributed by atoms with Gasteiger partial charge in [-0.15, -0.1) is 0 Å². The first kappa shape index (κ1) is 18.2. The number of nitrogens with zero attached hydrogens (tertiary/aromatic N) is 3. The third-order valence-corrected chi connectivity index (χ3v) is 5.18. The molecule has 1 aliphatic heterocycles. The van der Waals surface area contributed by atoms with E-state index in [2.05, 4.69) is 20.2 Å². The van der Waals surface area contributed by atoms with E-state index in [4.69, 9.17) is 34.8 Å². The molecule has 3 rings (SSSR count). The van der Waals surface area contributed by atoms with Gasteiger partial charge in [-0.05, 0) is 30.9 Å². The number of rotatable bonds is 5. The molecule has 0 atom stereocenters. The van der Waals surface area contributed by atoms with Gasteiger partial charge in [-0.1, -0.05) is 46.9 Å². The van der Waals surface area contributed by atoms with Crippen LogP contribution in [0.1, 0.15) is 28.9 Å². The fourth-order valence-electron chi connectivity index (χ4n) is 2.72. The van der Waals surface area contributed by atoms with Gasteiger partial charge in [0.25, 0.3) is 5.91 Å². The van der Waals surface area contributed by atoms with Gasteiger partial charge in [-0.25, -0.2) is 9.97 Å². The van der Waals surface area contributed by atoms with E-state index in [0.29, 0.717) is 29.0 Å². The smallest absolute Gasteiger partial charge is 0.271 e. The number of carbonyl (C=O) groups is 1. The van der Waals surface area contributed by atoms with Crippen molar-refractivity contribution in [2.24, 2.45) is 0 Å². The van der Waals surface area contributed by atoms with Crippen LogP contribution in [-0.2, 0) is 6.42 Å². The predicted octanol–water partition coefficient (Wildman–Crippen LogP) is 4.01. The van der Waals surface area contributed by atoms with Gasteiger partial charge in [-0.2, -0.15) is 0 Å². The second-order valence-electron chi connectivity index (χ2n) is 5.78. The van der Waals surface area contributed by atoms with E-state index in [1.807, 2.05) is 12.1 Å². The Morgan fingerprint density at radius 2 is 1.92 bits per heavy atom. The van der Waals surface area contributed by atoms with Crippen molar-refractivity contribution in [3.05, 3.63) is 50.7 Å². The quantitative estimate of drug-likeness (QED) is 0.825. The summed E-state index contributed by atoms with van der Waals surface area (Å²) >= 11 is 18.2. The Labute approximate surface area is 161 Å². The molecule has 5 nitrogen and oxygen atoms in total. The molecular formula is C17H17Cl3N4O. The maximum absolute atomic E-state index is 12.4. The van der Waals surface area contributed by atoms with E-state index in [1.54, 1.807) is 6.07 Å². The molecule has 0 spiro atoms. The average molecular weight is 400 g/mol. The summed E-state index contributed by atoms with van der Waals surface area (Å²) in [7, 11) is 0. The van der Waals surface area contributed by atoms with Gasteiger partial charge in [0.1, 0.15) is 0 Å². The predicted molar refractivity (Wildman–Crippen MR) is 101 cm³/mol. The number of halogens is 3. The zero-order valence-corrected chi connectivity index (χ0v) is 15.7. The minimum absolute atomic E-state index is 0.191. The van der Waals surface area contributed by atoms with Crippen molar-refractivity contribution in [3.8, 4) is 0 Å². The third kappa shape index (κ3) is 4.35. The van der Waals surface area contributed by atoms with Crippen LogP contribution < -0.4 is 10.2 Å². The first-order valence-electron chi connectivity index (χ1n) is 8.05. The van der Waals surface area contributed by atoms with Gasteiger partial charge >= 0.3 is 0 Å². The number of benzene rings is 1. The Morgan fingerprint density at radius 3 is 2.68 bits per heavy atom. The zero-order chi connectivity index (χ0) is 17.8. The number of carbonyl (C=O) groups excluding carboxylic acids is 1. The first-order valence-corrected chi connectivity index (χ1v) is 9.18. The normalized spacial score (nSPS) is 14.0. The number of hydrogen-bond donors (Lipinski definition) is 1. The van der Waals surface area contributed by atoms with Crippen LogP contribution in [0.15, 0.2) is 24.4 Å². The van der Waals surface area contributed by atoms with Crippen LogP contribution in [0.5, 0.6) is 0 Å². The van der Waals surface area contributed by atoms with E-state index < -0.39 is 0 Å². The highest BCUT2D eigenvalue weighted by Gasteiger charge is 2.19. The summed E-state index contributed by atoms with van der Waals surface area (Å²) in [4.78, 5) is 23.0. The third-order valence-electron chi connectivity index (χ3n) is 4.05. The molecule has 1 amide bonds. The summed E-state index contributed by atoms with van der Waals surface area (Å²) in [6.45, 7) is 2.20. The molecular weight excluding hydrogens is 383 g/mol. The lowest BCUT2D eigenvalue weighted by Crippen LogP contribution is -2.28. The highest BCUT2D eigenvalue weighted by atomic mass is 35.5. The lowest BCUT2D eigenvalue weighted by molar-refractivity contribution is 0.0949. The summed E-state index contributed by atoms with van der Waals surface area (Å²) in [6, 6.07) is 5.44. The maximum Gasteiger partial charge on any atom is 0.271 e. The molecule has 25 heavy (non-hydrogen) atoms. The van der Waals surface area contributed by atoms with Crippen LogP contribution in [0.2, 0.25) is 15.1 Å². The second-order valence-corrected chi connectivity index (χ2v) is 6.97. The van der Waals surface area contributed by atoms with Gasteiger partial charge in [0, 0.05) is 19.6 Å². The van der Waals surface area contributed by atoms with Crippen molar-refractivity contribution in [1.82, 2.24) is 15.3 Å². The minimum Gasteiger partial charge on any atom is -0.350 e. The van der Waals surface area contributed by atoms with Crippen LogP contribution >= 0.6 is 34.8 Å². The number of hydrogen-bond acceptors (Lipinski definition) is 4. The van der Waals surface area contributed by atoms with Crippen LogP contribution in [0, 0.1) is 0 Å². The molecule has 0 unspecified atom stereocenters. The first-order chi connectivity index (χ1) is 12.1. The zero-order valence-electron chi connectivity index (χ0n) is 13.4. The maximum atomic E-state index is 12.4. The van der Waals surface area contributed by atoms with E-state index >= 15 is 0 Å². The highest BCUT2D eigenvalue weighted by Crippen LogP contribution is 2.25. The van der Waals surface area contributed by atoms with Gasteiger partial charge in [0.2, 0.25) is 5.95 Å². The number of amides is 1. The summed E-state index contributed by atoms with van der Waals surface area (Å²) in [5.74, 6) is 0.218. The summed E-state index contributed by atoms with van der Waals surface area (Å²) in [6.07, 6.45) is 4.25. The largest absolute Gasteiger partial charge is 0.350 e. The highest BCUT2D eigenvalue weighted by molar-refractivity contribution is 6.42.